The van der Waals surface area contributed by atoms with Crippen LogP contribution in [0.2, 0.25) is 0 Å². The van der Waals surface area contributed by atoms with Crippen LogP contribution in [0, 0.1) is 0 Å². The highest BCUT2D eigenvalue weighted by Gasteiger charge is 2.19. The van der Waals surface area contributed by atoms with E-state index < -0.39 is 6.10 Å². The van der Waals surface area contributed by atoms with E-state index in [0.29, 0.717) is 19.3 Å². The van der Waals surface area contributed by atoms with Gasteiger partial charge in [0.1, 0.15) is 13.2 Å². The molecule has 0 rings (SSSR count). The Kier molecular flexibility index (Phi) is 61.2. The molecule has 0 heterocycles. The summed E-state index contributed by atoms with van der Waals surface area (Å²) in [5.74, 6) is -0.882. The lowest BCUT2D eigenvalue weighted by Gasteiger charge is -2.18. The average molecular weight is 1050 g/mol. The van der Waals surface area contributed by atoms with E-state index in [1.165, 1.54) is 205 Å². The van der Waals surface area contributed by atoms with Crippen LogP contribution in [0.1, 0.15) is 342 Å². The summed E-state index contributed by atoms with van der Waals surface area (Å²) >= 11 is 0. The first-order valence-electron chi connectivity index (χ1n) is 32.8. The fraction of sp³-hybridized carbons (Fsp3) is 0.812. The Bertz CT molecular complexity index is 1340. The van der Waals surface area contributed by atoms with Crippen molar-refractivity contribution in [1.82, 2.24) is 0 Å². The van der Waals surface area contributed by atoms with Gasteiger partial charge in [-0.15, -0.1) is 0 Å². The van der Waals surface area contributed by atoms with Crippen LogP contribution in [0.15, 0.2) is 60.8 Å². The molecule has 0 aliphatic heterocycles. The number of carbonyl (C=O) groups excluding carboxylic acids is 3. The van der Waals surface area contributed by atoms with E-state index in [4.69, 9.17) is 14.2 Å². The Balaban J connectivity index is 4.03. The van der Waals surface area contributed by atoms with Gasteiger partial charge in [0.15, 0.2) is 6.10 Å². The zero-order chi connectivity index (χ0) is 54.3. The second-order valence-electron chi connectivity index (χ2n) is 22.0. The molecular formula is C69H124O6. The fourth-order valence-electron chi connectivity index (χ4n) is 9.61. The summed E-state index contributed by atoms with van der Waals surface area (Å²) in [5.41, 5.74) is 0. The Morgan fingerprint density at radius 1 is 0.280 bits per heavy atom. The normalized spacial score (nSPS) is 12.4. The monoisotopic (exact) mass is 1050 g/mol. The fourth-order valence-corrected chi connectivity index (χ4v) is 9.61. The largest absolute Gasteiger partial charge is 0.462 e. The summed E-state index contributed by atoms with van der Waals surface area (Å²) in [5, 5.41) is 0. The van der Waals surface area contributed by atoms with Crippen LogP contribution in [0.4, 0.5) is 0 Å². The molecule has 0 fully saturated rings. The van der Waals surface area contributed by atoms with Crippen molar-refractivity contribution in [3.63, 3.8) is 0 Å². The molecule has 6 heteroatoms. The molecule has 75 heavy (non-hydrogen) atoms. The van der Waals surface area contributed by atoms with Crippen molar-refractivity contribution < 1.29 is 28.6 Å². The first-order valence-corrected chi connectivity index (χ1v) is 32.8. The minimum absolute atomic E-state index is 0.0768. The van der Waals surface area contributed by atoms with E-state index >= 15 is 0 Å². The predicted octanol–water partition coefficient (Wildman–Crippen LogP) is 22.3. The first kappa shape index (κ1) is 72.1. The summed E-state index contributed by atoms with van der Waals surface area (Å²) in [6.07, 6.45) is 81.3. The molecule has 0 aliphatic rings. The Hall–Kier alpha value is -2.89. The number of unbranched alkanes of at least 4 members (excludes halogenated alkanes) is 39. The highest BCUT2D eigenvalue weighted by molar-refractivity contribution is 5.71. The van der Waals surface area contributed by atoms with Gasteiger partial charge < -0.3 is 14.2 Å². The molecule has 6 nitrogen and oxygen atoms in total. The maximum Gasteiger partial charge on any atom is 0.306 e. The number of esters is 3. The van der Waals surface area contributed by atoms with Gasteiger partial charge >= 0.3 is 17.9 Å². The minimum Gasteiger partial charge on any atom is -0.462 e. The third kappa shape index (κ3) is 61.8. The maximum absolute atomic E-state index is 12.8. The van der Waals surface area contributed by atoms with Gasteiger partial charge in [-0.1, -0.05) is 300 Å². The minimum atomic E-state index is -0.778. The van der Waals surface area contributed by atoms with Crippen molar-refractivity contribution in [2.24, 2.45) is 0 Å². The second kappa shape index (κ2) is 63.6. The van der Waals surface area contributed by atoms with E-state index in [9.17, 15) is 14.4 Å². The topological polar surface area (TPSA) is 78.9 Å². The van der Waals surface area contributed by atoms with E-state index in [1.807, 2.05) is 0 Å². The van der Waals surface area contributed by atoms with Crippen LogP contribution < -0.4 is 0 Å². The number of hydrogen-bond acceptors (Lipinski definition) is 6. The molecule has 0 aromatic carbocycles. The van der Waals surface area contributed by atoms with Crippen LogP contribution in [-0.4, -0.2) is 37.2 Å². The van der Waals surface area contributed by atoms with Gasteiger partial charge in [-0.2, -0.15) is 0 Å². The summed E-state index contributed by atoms with van der Waals surface area (Å²) in [6.45, 7) is 6.51. The molecule has 1 atom stereocenters. The quantitative estimate of drug-likeness (QED) is 0.0261. The molecule has 0 aromatic rings. The third-order valence-corrected chi connectivity index (χ3v) is 14.5. The standard InChI is InChI=1S/C69H124O6/c1-4-7-10-13-16-18-20-22-24-26-28-29-30-31-32-33-34-35-36-37-38-39-41-42-44-46-48-50-53-56-59-62-68(71)74-65-66(64-73-67(70)61-58-55-52-15-12-9-6-3)75-69(72)63-60-57-54-51-49-47-45-43-40-27-25-23-21-19-17-14-11-8-5-2/h8,11,17,19,23,25-26,28,40,43,66H,4-7,9-10,12-16,18,20-22,24,27,29-39,41-42,44-65H2,1-3H3/b11-8-,19-17-,25-23-,28-26-,43-40-. The molecule has 0 radical (unpaired) electrons. The van der Waals surface area contributed by atoms with E-state index in [-0.39, 0.29) is 31.1 Å². The zero-order valence-corrected chi connectivity index (χ0v) is 50.1. The number of rotatable bonds is 60. The molecular weight excluding hydrogens is 925 g/mol. The Morgan fingerprint density at radius 3 is 0.827 bits per heavy atom. The van der Waals surface area contributed by atoms with Gasteiger partial charge in [0, 0.05) is 19.3 Å². The molecule has 0 aliphatic carbocycles. The smallest absolute Gasteiger partial charge is 0.306 e. The third-order valence-electron chi connectivity index (χ3n) is 14.5. The summed E-state index contributed by atoms with van der Waals surface area (Å²) in [7, 11) is 0. The number of ether oxygens (including phenoxy) is 3. The van der Waals surface area contributed by atoms with Crippen molar-refractivity contribution in [2.75, 3.05) is 13.2 Å². The number of carbonyl (C=O) groups is 3. The van der Waals surface area contributed by atoms with Gasteiger partial charge in [0.05, 0.1) is 0 Å². The predicted molar refractivity (Wildman–Crippen MR) is 325 cm³/mol. The highest BCUT2D eigenvalue weighted by Crippen LogP contribution is 2.17. The number of allylic oxidation sites excluding steroid dienone is 10. The van der Waals surface area contributed by atoms with E-state index in [2.05, 4.69) is 81.5 Å². The van der Waals surface area contributed by atoms with Gasteiger partial charge in [-0.25, -0.2) is 0 Å². The van der Waals surface area contributed by atoms with E-state index in [0.717, 1.165) is 96.3 Å². The molecule has 0 saturated heterocycles. The Morgan fingerprint density at radius 2 is 0.520 bits per heavy atom. The molecule has 436 valence electrons. The lowest BCUT2D eigenvalue weighted by atomic mass is 10.0. The highest BCUT2D eigenvalue weighted by atomic mass is 16.6. The van der Waals surface area contributed by atoms with E-state index in [1.54, 1.807) is 0 Å². The molecule has 0 aromatic heterocycles. The number of hydrogen-bond donors (Lipinski definition) is 0. The summed E-state index contributed by atoms with van der Waals surface area (Å²) in [4.78, 5) is 38.1. The molecule has 0 N–H and O–H groups in total. The molecule has 1 unspecified atom stereocenters. The van der Waals surface area contributed by atoms with Crippen LogP contribution in [0.5, 0.6) is 0 Å². The zero-order valence-electron chi connectivity index (χ0n) is 50.1. The van der Waals surface area contributed by atoms with Crippen molar-refractivity contribution >= 4 is 17.9 Å². The summed E-state index contributed by atoms with van der Waals surface area (Å²) < 4.78 is 16.8. The molecule has 0 amide bonds. The molecule has 0 saturated carbocycles. The second-order valence-corrected chi connectivity index (χ2v) is 22.0. The van der Waals surface area contributed by atoms with Crippen LogP contribution >= 0.6 is 0 Å². The first-order chi connectivity index (χ1) is 37.0. The van der Waals surface area contributed by atoms with Crippen molar-refractivity contribution in [2.45, 2.75) is 348 Å². The molecule has 0 bridgehead atoms. The van der Waals surface area contributed by atoms with Gasteiger partial charge in [-0.05, 0) is 83.5 Å². The lowest BCUT2D eigenvalue weighted by molar-refractivity contribution is -0.167. The van der Waals surface area contributed by atoms with Crippen molar-refractivity contribution in [1.29, 1.82) is 0 Å². The van der Waals surface area contributed by atoms with Gasteiger partial charge in [0.25, 0.3) is 0 Å². The average Bonchev–Trinajstić information content (AvgIpc) is 3.41. The SMILES string of the molecule is CC/C=C\C/C=C\C/C=C\C/C=C\CCCCCCCCC(=O)OC(COC(=O)CCCCCCCCC)COC(=O)CCCCCCCCCCCCCCCCCCCCC/C=C\CCCCCCCCCC. The lowest BCUT2D eigenvalue weighted by Crippen LogP contribution is -2.30. The molecule has 0 spiro atoms. The van der Waals surface area contributed by atoms with Gasteiger partial charge in [0.2, 0.25) is 0 Å². The van der Waals surface area contributed by atoms with Crippen LogP contribution in [0.3, 0.4) is 0 Å². The van der Waals surface area contributed by atoms with Crippen LogP contribution in [-0.2, 0) is 28.6 Å². The summed E-state index contributed by atoms with van der Waals surface area (Å²) in [6, 6.07) is 0. The van der Waals surface area contributed by atoms with Crippen LogP contribution in [0.25, 0.3) is 0 Å². The van der Waals surface area contributed by atoms with Crippen molar-refractivity contribution in [3.05, 3.63) is 60.8 Å². The maximum atomic E-state index is 12.8. The Labute approximate surface area is 466 Å². The van der Waals surface area contributed by atoms with Gasteiger partial charge in [-0.3, -0.25) is 14.4 Å². The van der Waals surface area contributed by atoms with Crippen molar-refractivity contribution in [3.8, 4) is 0 Å².